The molecule has 0 spiro atoms. The molecule has 0 aliphatic carbocycles. The lowest BCUT2D eigenvalue weighted by Crippen LogP contribution is -2.38. The van der Waals surface area contributed by atoms with Crippen molar-refractivity contribution in [1.82, 2.24) is 39.6 Å². The predicted octanol–water partition coefficient (Wildman–Crippen LogP) is 5.14. The van der Waals surface area contributed by atoms with Crippen LogP contribution < -0.4 is 4.74 Å². The maximum atomic E-state index is 16.8. The Labute approximate surface area is 259 Å². The molecule has 0 radical (unpaired) electrons. The fourth-order valence-corrected chi connectivity index (χ4v) is 6.86. The van der Waals surface area contributed by atoms with Crippen molar-refractivity contribution in [3.05, 3.63) is 54.0 Å². The van der Waals surface area contributed by atoms with Crippen LogP contribution in [-0.4, -0.2) is 91.5 Å². The van der Waals surface area contributed by atoms with Gasteiger partial charge in [-0.3, -0.25) is 9.48 Å². The molecule has 7 rings (SSSR count). The van der Waals surface area contributed by atoms with Gasteiger partial charge in [0.2, 0.25) is 11.8 Å². The number of aryl methyl sites for hydroxylation is 2. The Balaban J connectivity index is 1.33. The highest BCUT2D eigenvalue weighted by atomic mass is 19.1. The number of carbonyl (C=O) groups excluding carboxylic acids is 1. The number of hydrogen-bond donors (Lipinski definition) is 0. The average Bonchev–Trinajstić information content (AvgIpc) is 3.78. The minimum atomic E-state index is -0.675. The second-order valence-electron chi connectivity index (χ2n) is 12.2. The van der Waals surface area contributed by atoms with Gasteiger partial charge in [-0.1, -0.05) is 17.3 Å². The maximum Gasteiger partial charge on any atom is 0.246 e. The predicted molar refractivity (Wildman–Crippen MR) is 168 cm³/mol. The number of piperidine rings is 1. The normalized spacial score (nSPS) is 18.3. The molecule has 2 aliphatic heterocycles. The van der Waals surface area contributed by atoms with Gasteiger partial charge >= 0.3 is 0 Å². The Morgan fingerprint density at radius 2 is 1.93 bits per heavy atom. The molecule has 1 unspecified atom stereocenters. The van der Waals surface area contributed by atoms with E-state index in [-0.39, 0.29) is 29.4 Å². The van der Waals surface area contributed by atoms with Crippen LogP contribution in [0.1, 0.15) is 37.3 Å². The van der Waals surface area contributed by atoms with Crippen molar-refractivity contribution in [1.29, 1.82) is 0 Å². The van der Waals surface area contributed by atoms with E-state index in [0.717, 1.165) is 41.4 Å². The number of carbonyl (C=O) groups is 1. The van der Waals surface area contributed by atoms with Crippen LogP contribution in [0.2, 0.25) is 0 Å². The van der Waals surface area contributed by atoms with Crippen LogP contribution in [0, 0.1) is 12.7 Å². The number of nitrogens with zero attached hydrogens (tertiary/aromatic N) is 8. The molecular formula is C33H36F2N8O2. The number of halogens is 2. The quantitative estimate of drug-likeness (QED) is 0.234. The number of benzene rings is 2. The summed E-state index contributed by atoms with van der Waals surface area (Å²) in [6, 6.07) is 7.95. The van der Waals surface area contributed by atoms with Crippen LogP contribution >= 0.6 is 0 Å². The highest BCUT2D eigenvalue weighted by molar-refractivity contribution is 6.06. The van der Waals surface area contributed by atoms with E-state index in [0.29, 0.717) is 54.5 Å². The van der Waals surface area contributed by atoms with E-state index in [2.05, 4.69) is 27.4 Å². The Morgan fingerprint density at radius 3 is 2.69 bits per heavy atom. The van der Waals surface area contributed by atoms with Crippen molar-refractivity contribution >= 4 is 38.7 Å². The molecule has 3 aromatic heterocycles. The van der Waals surface area contributed by atoms with Gasteiger partial charge in [0.15, 0.2) is 11.3 Å². The van der Waals surface area contributed by atoms with Gasteiger partial charge < -0.3 is 14.5 Å². The molecule has 2 aromatic carbocycles. The smallest absolute Gasteiger partial charge is 0.246 e. The molecule has 1 atom stereocenters. The minimum absolute atomic E-state index is 0.0705. The van der Waals surface area contributed by atoms with Crippen LogP contribution in [-0.2, 0) is 11.8 Å². The lowest BCUT2D eigenvalue weighted by atomic mass is 9.96. The molecule has 5 heterocycles. The first-order valence-electron chi connectivity index (χ1n) is 15.5. The standard InChI is InChI=1S/C33H36F2N8O2/c1-20-16-25-30(29(35)28(20)21-8-9-22-18-36-41(3)26(22)17-21)37-33(45-19-24-6-5-13-40(24)2)31-32(25)43(39-38-31)23-10-14-42(15-11-23)27(44)7-4-12-34/h4,7-9,16-18,23-24H,5-6,10-15,19H2,1-3H3/b7-4+. The van der Waals surface area contributed by atoms with E-state index in [1.807, 2.05) is 42.9 Å². The van der Waals surface area contributed by atoms with E-state index in [1.54, 1.807) is 15.8 Å². The van der Waals surface area contributed by atoms with Crippen molar-refractivity contribution in [3.63, 3.8) is 0 Å². The van der Waals surface area contributed by atoms with E-state index in [4.69, 9.17) is 9.72 Å². The largest absolute Gasteiger partial charge is 0.474 e. The third-order valence-electron chi connectivity index (χ3n) is 9.40. The van der Waals surface area contributed by atoms with Gasteiger partial charge in [0.25, 0.3) is 0 Å². The zero-order chi connectivity index (χ0) is 31.2. The molecule has 5 aromatic rings. The van der Waals surface area contributed by atoms with Gasteiger partial charge in [-0.25, -0.2) is 18.4 Å². The third-order valence-corrected chi connectivity index (χ3v) is 9.40. The summed E-state index contributed by atoms with van der Waals surface area (Å²) in [5.74, 6) is -0.362. The van der Waals surface area contributed by atoms with Crippen LogP contribution in [0.3, 0.4) is 0 Å². The first kappa shape index (κ1) is 29.3. The zero-order valence-electron chi connectivity index (χ0n) is 25.7. The van der Waals surface area contributed by atoms with Crippen molar-refractivity contribution in [2.75, 3.05) is 40.0 Å². The van der Waals surface area contributed by atoms with E-state index in [1.165, 1.54) is 12.2 Å². The summed E-state index contributed by atoms with van der Waals surface area (Å²) in [7, 11) is 3.95. The first-order valence-corrected chi connectivity index (χ1v) is 15.5. The van der Waals surface area contributed by atoms with Crippen LogP contribution in [0.5, 0.6) is 5.88 Å². The van der Waals surface area contributed by atoms with Gasteiger partial charge in [-0.15, -0.1) is 5.10 Å². The van der Waals surface area contributed by atoms with E-state index in [9.17, 15) is 9.18 Å². The molecule has 1 amide bonds. The Bertz CT molecular complexity index is 1940. The SMILES string of the molecule is Cc1cc2c(nc(OCC3CCCN3C)c3nnn(C4CCN(C(=O)/C=C/CF)CC4)c32)c(F)c1-c1ccc2cnn(C)c2c1. The summed E-state index contributed by atoms with van der Waals surface area (Å²) in [6.45, 7) is 3.65. The molecule has 0 saturated carbocycles. The van der Waals surface area contributed by atoms with E-state index >= 15 is 4.39 Å². The number of fused-ring (bicyclic) bond motifs is 4. The van der Waals surface area contributed by atoms with Crippen LogP contribution in [0.25, 0.3) is 44.0 Å². The lowest BCUT2D eigenvalue weighted by Gasteiger charge is -2.31. The number of pyridine rings is 1. The maximum absolute atomic E-state index is 16.8. The van der Waals surface area contributed by atoms with Crippen molar-refractivity contribution < 1.29 is 18.3 Å². The number of rotatable bonds is 7. The summed E-state index contributed by atoms with van der Waals surface area (Å²) in [4.78, 5) is 21.2. The molecule has 2 aliphatic rings. The Kier molecular flexibility index (Phi) is 7.68. The first-order chi connectivity index (χ1) is 21.8. The molecule has 234 valence electrons. The van der Waals surface area contributed by atoms with Crippen LogP contribution in [0.4, 0.5) is 8.78 Å². The van der Waals surface area contributed by atoms with Gasteiger partial charge in [-0.05, 0) is 75.5 Å². The number of hydrogen-bond acceptors (Lipinski definition) is 7. The molecule has 10 nitrogen and oxygen atoms in total. The summed E-state index contributed by atoms with van der Waals surface area (Å²) >= 11 is 0. The number of aromatic nitrogens is 6. The molecule has 45 heavy (non-hydrogen) atoms. The molecule has 12 heteroatoms. The number of likely N-dealkylation sites (tertiary alicyclic amines) is 2. The second kappa shape index (κ2) is 11.8. The third kappa shape index (κ3) is 5.20. The minimum Gasteiger partial charge on any atom is -0.474 e. The number of ether oxygens (including phenoxy) is 1. The van der Waals surface area contributed by atoms with E-state index < -0.39 is 12.5 Å². The summed E-state index contributed by atoms with van der Waals surface area (Å²) < 4.78 is 39.3. The topological polar surface area (TPSA) is 94.2 Å². The fraction of sp³-hybridized carbons (Fsp3) is 0.424. The fourth-order valence-electron chi connectivity index (χ4n) is 6.86. The summed E-state index contributed by atoms with van der Waals surface area (Å²) in [6.07, 6.45) is 7.68. The van der Waals surface area contributed by atoms with Crippen molar-refractivity contribution in [2.45, 2.75) is 44.7 Å². The lowest BCUT2D eigenvalue weighted by molar-refractivity contribution is -0.127. The number of amides is 1. The molecule has 0 bridgehead atoms. The van der Waals surface area contributed by atoms with Crippen molar-refractivity contribution in [3.8, 4) is 17.0 Å². The van der Waals surface area contributed by atoms with Gasteiger partial charge in [0, 0.05) is 48.6 Å². The number of likely N-dealkylation sites (N-methyl/N-ethyl adjacent to an activating group) is 1. The number of allylic oxidation sites excluding steroid dienone is 1. The van der Waals surface area contributed by atoms with Gasteiger partial charge in [0.05, 0.1) is 17.8 Å². The summed E-state index contributed by atoms with van der Waals surface area (Å²) in [5.41, 5.74) is 4.26. The number of alkyl halides is 1. The average molecular weight is 615 g/mol. The second-order valence-corrected chi connectivity index (χ2v) is 12.2. The summed E-state index contributed by atoms with van der Waals surface area (Å²) in [5, 5.41) is 15.0. The van der Waals surface area contributed by atoms with Crippen LogP contribution in [0.15, 0.2) is 42.6 Å². The Hall–Kier alpha value is -4.45. The zero-order valence-corrected chi connectivity index (χ0v) is 25.7. The molecule has 2 fully saturated rings. The molecule has 2 saturated heterocycles. The van der Waals surface area contributed by atoms with Crippen molar-refractivity contribution in [2.24, 2.45) is 7.05 Å². The molecular weight excluding hydrogens is 578 g/mol. The molecule has 0 N–H and O–H groups in total. The van der Waals surface area contributed by atoms with Gasteiger partial charge in [0.1, 0.15) is 24.3 Å². The highest BCUT2D eigenvalue weighted by Gasteiger charge is 2.29. The van der Waals surface area contributed by atoms with Gasteiger partial charge in [-0.2, -0.15) is 5.10 Å². The Morgan fingerprint density at radius 1 is 1.11 bits per heavy atom. The monoisotopic (exact) mass is 614 g/mol. The highest BCUT2D eigenvalue weighted by Crippen LogP contribution is 2.39.